The largest absolute Gasteiger partial charge is 0.412 e. The molecule has 0 saturated carbocycles. The van der Waals surface area contributed by atoms with Crippen molar-refractivity contribution in [2.75, 3.05) is 0 Å². The van der Waals surface area contributed by atoms with Gasteiger partial charge in [-0.15, -0.1) is 0 Å². The summed E-state index contributed by atoms with van der Waals surface area (Å²) in [5.74, 6) is 0. The van der Waals surface area contributed by atoms with Crippen molar-refractivity contribution >= 4 is 46.2 Å². The van der Waals surface area contributed by atoms with Crippen LogP contribution in [0.1, 0.15) is 44.5 Å². The van der Waals surface area contributed by atoms with Gasteiger partial charge in [0, 0.05) is 15.9 Å². The van der Waals surface area contributed by atoms with Crippen molar-refractivity contribution in [3.05, 3.63) is 202 Å². The Kier molecular flexibility index (Phi) is 11.2. The molecule has 0 saturated heterocycles. The highest BCUT2D eigenvalue weighted by Gasteiger charge is 2.34. The molecule has 0 radical (unpaired) electrons. The molecule has 0 heterocycles. The monoisotopic (exact) mass is 710 g/mol. The van der Waals surface area contributed by atoms with Gasteiger partial charge in [-0.25, -0.2) is 0 Å². The van der Waals surface area contributed by atoms with Crippen molar-refractivity contribution in [2.45, 2.75) is 48.0 Å². The van der Waals surface area contributed by atoms with Gasteiger partial charge in [-0.3, -0.25) is 0 Å². The van der Waals surface area contributed by atoms with E-state index in [9.17, 15) is 0 Å². The van der Waals surface area contributed by atoms with Gasteiger partial charge in [0.2, 0.25) is 6.71 Å². The molecule has 7 aromatic carbocycles. The van der Waals surface area contributed by atoms with E-state index in [0.29, 0.717) is 0 Å². The summed E-state index contributed by atoms with van der Waals surface area (Å²) in [6, 6.07) is 55.8. The minimum atomic E-state index is -3.22. The van der Waals surface area contributed by atoms with Crippen LogP contribution in [0.5, 0.6) is 0 Å². The fourth-order valence-corrected chi connectivity index (χ4v) is 11.1. The lowest BCUT2D eigenvalue weighted by Gasteiger charge is -2.28. The molecule has 0 amide bonds. The predicted octanol–water partition coefficient (Wildman–Crippen LogP) is 8.13. The van der Waals surface area contributed by atoms with E-state index in [1.54, 1.807) is 0 Å². The lowest BCUT2D eigenvalue weighted by Crippen LogP contribution is -2.56. The highest BCUT2D eigenvalue weighted by molar-refractivity contribution is 7.85. The number of aryl methyl sites for hydroxylation is 6. The molecule has 0 aliphatic rings. The van der Waals surface area contributed by atoms with Gasteiger partial charge in [0.05, 0.1) is 0 Å². The van der Waals surface area contributed by atoms with Crippen LogP contribution in [0.3, 0.4) is 0 Å². The van der Waals surface area contributed by atoms with Crippen molar-refractivity contribution < 1.29 is 10.0 Å². The average Bonchev–Trinajstić information content (AvgIpc) is 3.14. The van der Waals surface area contributed by atoms with Gasteiger partial charge in [0.15, 0.2) is 7.14 Å². The van der Waals surface area contributed by atoms with E-state index in [4.69, 9.17) is 0 Å². The van der Waals surface area contributed by atoms with Gasteiger partial charge in [-0.05, 0) is 76.3 Å². The average molecular weight is 711 g/mol. The molecule has 0 aromatic heterocycles. The fourth-order valence-electron chi connectivity index (χ4n) is 8.33. The smallest absolute Gasteiger partial charge is 0.243 e. The lowest BCUT2D eigenvalue weighted by molar-refractivity contribution is 0.592. The Morgan fingerprint density at radius 1 is 0.453 bits per heavy atom. The van der Waals surface area contributed by atoms with E-state index in [1.165, 1.54) is 61.0 Å². The third-order valence-corrected chi connectivity index (χ3v) is 13.4. The van der Waals surface area contributed by atoms with Crippen LogP contribution < -0.4 is 32.3 Å². The zero-order valence-electron chi connectivity index (χ0n) is 31.7. The highest BCUT2D eigenvalue weighted by Crippen LogP contribution is 2.42. The Hall–Kier alpha value is -5.21. The maximum Gasteiger partial charge on any atom is 0.243 e. The SMILES string of the molecule is Cc1cc(B(c2c(C)cc(C)cc2C)c2c(C)cc(C)cc2-c2ccccc2Cc2ccccc2)cc(P(=O)(c2ccccc2)c2ccccc2)c1.O. The number of rotatable bonds is 9. The Balaban J connectivity index is 0.00000481. The molecule has 2 nitrogen and oxygen atoms in total. The Bertz CT molecular complexity index is 2350. The van der Waals surface area contributed by atoms with Gasteiger partial charge in [-0.1, -0.05) is 201 Å². The van der Waals surface area contributed by atoms with Crippen molar-refractivity contribution in [2.24, 2.45) is 0 Å². The summed E-state index contributed by atoms with van der Waals surface area (Å²) in [6.45, 7) is 13.2. The molecule has 0 bridgehead atoms. The predicted molar refractivity (Wildman–Crippen MR) is 230 cm³/mol. The molecule has 0 fully saturated rings. The zero-order valence-corrected chi connectivity index (χ0v) is 32.5. The first-order valence-electron chi connectivity index (χ1n) is 18.3. The summed E-state index contributed by atoms with van der Waals surface area (Å²) in [7, 11) is -3.22. The van der Waals surface area contributed by atoms with E-state index < -0.39 is 7.14 Å². The van der Waals surface area contributed by atoms with Crippen LogP contribution in [0.2, 0.25) is 0 Å². The summed E-state index contributed by atoms with van der Waals surface area (Å²) >= 11 is 0. The molecule has 0 aliphatic heterocycles. The van der Waals surface area contributed by atoms with E-state index in [0.717, 1.165) is 33.4 Å². The Labute approximate surface area is 316 Å². The second-order valence-corrected chi connectivity index (χ2v) is 17.3. The maximum absolute atomic E-state index is 15.8. The van der Waals surface area contributed by atoms with Crippen LogP contribution in [-0.2, 0) is 11.0 Å². The van der Waals surface area contributed by atoms with Gasteiger partial charge < -0.3 is 10.0 Å². The fraction of sp³-hybridized carbons (Fsp3) is 0.143. The quantitative estimate of drug-likeness (QED) is 0.110. The molecular weight excluding hydrogens is 662 g/mol. The molecule has 7 aromatic rings. The van der Waals surface area contributed by atoms with Crippen LogP contribution in [0, 0.1) is 41.5 Å². The molecule has 7 rings (SSSR count). The summed E-state index contributed by atoms with van der Waals surface area (Å²) in [6.07, 6.45) is 0.850. The van der Waals surface area contributed by atoms with Crippen molar-refractivity contribution in [1.82, 2.24) is 0 Å². The second kappa shape index (κ2) is 15.8. The first-order chi connectivity index (χ1) is 25.1. The topological polar surface area (TPSA) is 48.6 Å². The normalized spacial score (nSPS) is 11.2. The van der Waals surface area contributed by atoms with E-state index in [1.807, 2.05) is 60.7 Å². The minimum Gasteiger partial charge on any atom is -0.412 e. The van der Waals surface area contributed by atoms with Crippen molar-refractivity contribution in [1.29, 1.82) is 0 Å². The number of benzene rings is 7. The number of hydrogen-bond donors (Lipinski definition) is 0. The first-order valence-corrected chi connectivity index (χ1v) is 20.0. The Morgan fingerprint density at radius 2 is 0.925 bits per heavy atom. The summed E-state index contributed by atoms with van der Waals surface area (Å²) in [5, 5.41) is 2.56. The summed E-state index contributed by atoms with van der Waals surface area (Å²) in [5.41, 5.74) is 16.3. The van der Waals surface area contributed by atoms with Crippen LogP contribution in [0.15, 0.2) is 158 Å². The Morgan fingerprint density at radius 3 is 1.51 bits per heavy atom. The maximum atomic E-state index is 15.8. The molecule has 4 heteroatoms. The third kappa shape index (κ3) is 7.51. The molecule has 2 N–H and O–H groups in total. The van der Waals surface area contributed by atoms with Crippen LogP contribution in [0.25, 0.3) is 11.1 Å². The van der Waals surface area contributed by atoms with Crippen molar-refractivity contribution in [3.63, 3.8) is 0 Å². The minimum absolute atomic E-state index is 0. The first kappa shape index (κ1) is 37.5. The molecule has 264 valence electrons. The molecule has 0 atom stereocenters. The van der Waals surface area contributed by atoms with E-state index >= 15 is 4.57 Å². The van der Waals surface area contributed by atoms with Crippen LogP contribution in [-0.4, -0.2) is 12.2 Å². The van der Waals surface area contributed by atoms with E-state index in [-0.39, 0.29) is 12.2 Å². The zero-order chi connectivity index (χ0) is 36.4. The molecular formula is C49H48BO2P. The van der Waals surface area contributed by atoms with Crippen LogP contribution >= 0.6 is 7.14 Å². The van der Waals surface area contributed by atoms with Crippen molar-refractivity contribution in [3.8, 4) is 11.1 Å². The highest BCUT2D eigenvalue weighted by atomic mass is 31.2. The second-order valence-electron chi connectivity index (χ2n) is 14.5. The number of hydrogen-bond acceptors (Lipinski definition) is 1. The third-order valence-electron chi connectivity index (χ3n) is 10.4. The standard InChI is InChI=1S/C49H46BOP.H2O/c1-34-26-37(4)48(38(5)27-34)50(42-29-36(3)30-45(33-42)52(51,43-21-12-8-13-22-43)44-23-14-9-15-24-44)49-39(6)28-35(2)31-47(49)46-25-17-16-20-41(46)32-40-18-10-7-11-19-40;/h7-31,33H,32H2,1-6H3;1H2. The molecule has 0 spiro atoms. The molecule has 0 unspecified atom stereocenters. The molecule has 53 heavy (non-hydrogen) atoms. The van der Waals surface area contributed by atoms with Gasteiger partial charge >= 0.3 is 0 Å². The van der Waals surface area contributed by atoms with Gasteiger partial charge in [0.25, 0.3) is 0 Å². The summed E-state index contributed by atoms with van der Waals surface area (Å²) < 4.78 is 15.8. The lowest BCUT2D eigenvalue weighted by atomic mass is 9.34. The van der Waals surface area contributed by atoms with E-state index in [2.05, 4.69) is 139 Å². The van der Waals surface area contributed by atoms with Crippen LogP contribution in [0.4, 0.5) is 0 Å². The van der Waals surface area contributed by atoms with Gasteiger partial charge in [0.1, 0.15) is 0 Å². The van der Waals surface area contributed by atoms with Gasteiger partial charge in [-0.2, -0.15) is 0 Å². The summed E-state index contributed by atoms with van der Waals surface area (Å²) in [4.78, 5) is 0. The molecule has 0 aliphatic carbocycles.